The molecule has 0 bridgehead atoms. The molecule has 2 aromatic rings. The van der Waals surface area contributed by atoms with E-state index in [-0.39, 0.29) is 0 Å². The van der Waals surface area contributed by atoms with E-state index >= 15 is 0 Å². The van der Waals surface area contributed by atoms with Gasteiger partial charge in [-0.1, -0.05) is 13.0 Å². The second kappa shape index (κ2) is 9.16. The highest BCUT2D eigenvalue weighted by molar-refractivity contribution is 7.11. The molecular formula is C18H19F3N2O4S. The lowest BCUT2D eigenvalue weighted by atomic mass is 10.1. The van der Waals surface area contributed by atoms with E-state index in [0.717, 1.165) is 31.4 Å². The number of alkyl halides is 3. The Labute approximate surface area is 163 Å². The molecule has 1 aliphatic carbocycles. The number of aliphatic carboxylic acids is 1. The van der Waals surface area contributed by atoms with Gasteiger partial charge in [-0.15, -0.1) is 11.3 Å². The van der Waals surface area contributed by atoms with Crippen molar-refractivity contribution in [2.24, 2.45) is 0 Å². The van der Waals surface area contributed by atoms with Crippen LogP contribution in [-0.4, -0.2) is 39.4 Å². The second-order valence-electron chi connectivity index (χ2n) is 6.15. The SMILES string of the molecule is CCc1ncc(CNC2Cc3ccc(C(=O)O)cc3C2)s1.O=C(O)C(F)(F)F. The van der Waals surface area contributed by atoms with Gasteiger partial charge in [-0.2, -0.15) is 13.2 Å². The van der Waals surface area contributed by atoms with Crippen LogP contribution in [0, 0.1) is 0 Å². The van der Waals surface area contributed by atoms with Crippen molar-refractivity contribution in [3.05, 3.63) is 51.0 Å². The molecule has 1 aliphatic rings. The number of hydrogen-bond donors (Lipinski definition) is 3. The van der Waals surface area contributed by atoms with Crippen molar-refractivity contribution >= 4 is 23.3 Å². The van der Waals surface area contributed by atoms with Crippen LogP contribution < -0.4 is 5.32 Å². The summed E-state index contributed by atoms with van der Waals surface area (Å²) >= 11 is 1.76. The van der Waals surface area contributed by atoms with Gasteiger partial charge in [0.1, 0.15) is 0 Å². The van der Waals surface area contributed by atoms with Crippen molar-refractivity contribution in [2.75, 3.05) is 0 Å². The first-order chi connectivity index (χ1) is 13.1. The maximum atomic E-state index is 11.0. The Morgan fingerprint density at radius 2 is 1.89 bits per heavy atom. The maximum absolute atomic E-state index is 11.0. The molecule has 0 amide bonds. The minimum absolute atomic E-state index is 0.379. The number of nitrogens with one attached hydrogen (secondary N) is 1. The first-order valence-corrected chi connectivity index (χ1v) is 9.24. The third kappa shape index (κ3) is 6.03. The monoisotopic (exact) mass is 416 g/mol. The molecule has 0 radical (unpaired) electrons. The highest BCUT2D eigenvalue weighted by Gasteiger charge is 2.38. The summed E-state index contributed by atoms with van der Waals surface area (Å²) in [5.74, 6) is -3.61. The topological polar surface area (TPSA) is 99.5 Å². The van der Waals surface area contributed by atoms with Crippen LogP contribution in [0.4, 0.5) is 13.2 Å². The number of aromatic carboxylic acids is 1. The van der Waals surface area contributed by atoms with Gasteiger partial charge in [0.25, 0.3) is 0 Å². The van der Waals surface area contributed by atoms with E-state index in [2.05, 4.69) is 17.2 Å². The Morgan fingerprint density at radius 3 is 2.43 bits per heavy atom. The summed E-state index contributed by atoms with van der Waals surface area (Å²) in [7, 11) is 0. The standard InChI is InChI=1S/C16H18N2O2S.C2HF3O2/c1-2-15-18-9-14(21-15)8-17-13-6-10-3-4-11(16(19)20)5-12(10)7-13;3-2(4,5)1(6)7/h3-5,9,13,17H,2,6-8H2,1H3,(H,19,20);(H,6,7). The average molecular weight is 416 g/mol. The molecule has 3 rings (SSSR count). The van der Waals surface area contributed by atoms with Crippen LogP contribution in [0.15, 0.2) is 24.4 Å². The summed E-state index contributed by atoms with van der Waals surface area (Å²) in [5.41, 5.74) is 2.80. The number of halogens is 3. The number of aryl methyl sites for hydroxylation is 1. The van der Waals surface area contributed by atoms with Crippen molar-refractivity contribution in [3.8, 4) is 0 Å². The van der Waals surface area contributed by atoms with Crippen LogP contribution in [0.3, 0.4) is 0 Å². The average Bonchev–Trinajstić information content (AvgIpc) is 3.25. The Kier molecular flexibility index (Phi) is 7.14. The first-order valence-electron chi connectivity index (χ1n) is 8.42. The number of carboxylic acids is 2. The summed E-state index contributed by atoms with van der Waals surface area (Å²) in [6, 6.07) is 5.83. The third-order valence-electron chi connectivity index (χ3n) is 4.10. The number of hydrogen-bond acceptors (Lipinski definition) is 5. The molecule has 6 nitrogen and oxygen atoms in total. The molecule has 0 saturated carbocycles. The lowest BCUT2D eigenvalue weighted by Crippen LogP contribution is -2.28. The molecule has 1 aromatic carbocycles. The van der Waals surface area contributed by atoms with Gasteiger partial charge >= 0.3 is 18.1 Å². The highest BCUT2D eigenvalue weighted by atomic mass is 32.1. The van der Waals surface area contributed by atoms with Gasteiger partial charge in [0.2, 0.25) is 0 Å². The smallest absolute Gasteiger partial charge is 0.478 e. The van der Waals surface area contributed by atoms with E-state index in [9.17, 15) is 18.0 Å². The van der Waals surface area contributed by atoms with Crippen molar-refractivity contribution in [1.29, 1.82) is 0 Å². The molecule has 0 fully saturated rings. The fourth-order valence-electron chi connectivity index (χ4n) is 2.73. The fraction of sp³-hybridized carbons (Fsp3) is 0.389. The Bertz CT molecular complexity index is 852. The van der Waals surface area contributed by atoms with Gasteiger partial charge < -0.3 is 15.5 Å². The molecule has 1 aromatic heterocycles. The predicted molar refractivity (Wildman–Crippen MR) is 96.6 cm³/mol. The summed E-state index contributed by atoms with van der Waals surface area (Å²) < 4.78 is 31.7. The van der Waals surface area contributed by atoms with E-state index in [4.69, 9.17) is 15.0 Å². The molecule has 1 unspecified atom stereocenters. The van der Waals surface area contributed by atoms with E-state index in [1.165, 1.54) is 15.4 Å². The lowest BCUT2D eigenvalue weighted by molar-refractivity contribution is -0.192. The number of thiazole rings is 1. The molecule has 152 valence electrons. The van der Waals surface area contributed by atoms with E-state index in [1.807, 2.05) is 12.3 Å². The van der Waals surface area contributed by atoms with Crippen molar-refractivity contribution < 1.29 is 33.0 Å². The van der Waals surface area contributed by atoms with Gasteiger partial charge in [0.05, 0.1) is 10.6 Å². The number of benzene rings is 1. The minimum atomic E-state index is -5.08. The number of fused-ring (bicyclic) bond motifs is 1. The molecule has 10 heteroatoms. The Morgan fingerprint density at radius 1 is 1.25 bits per heavy atom. The normalized spacial score (nSPS) is 15.5. The first kappa shape index (κ1) is 21.8. The zero-order chi connectivity index (χ0) is 20.9. The van der Waals surface area contributed by atoms with Gasteiger partial charge in [-0.3, -0.25) is 0 Å². The van der Waals surface area contributed by atoms with Gasteiger partial charge in [0.15, 0.2) is 0 Å². The van der Waals surface area contributed by atoms with E-state index < -0.39 is 18.1 Å². The van der Waals surface area contributed by atoms with Crippen LogP contribution >= 0.6 is 11.3 Å². The fourth-order valence-corrected chi connectivity index (χ4v) is 3.55. The van der Waals surface area contributed by atoms with E-state index in [1.54, 1.807) is 23.5 Å². The van der Waals surface area contributed by atoms with Crippen LogP contribution in [0.5, 0.6) is 0 Å². The number of nitrogens with zero attached hydrogens (tertiary/aromatic N) is 1. The second-order valence-corrected chi connectivity index (χ2v) is 7.35. The summed E-state index contributed by atoms with van der Waals surface area (Å²) in [5, 5.41) is 20.9. The molecular weight excluding hydrogens is 397 g/mol. The molecule has 0 spiro atoms. The van der Waals surface area contributed by atoms with Crippen molar-refractivity contribution in [2.45, 2.75) is 44.9 Å². The molecule has 1 heterocycles. The number of rotatable bonds is 5. The Balaban J connectivity index is 0.000000345. The summed E-state index contributed by atoms with van der Waals surface area (Å²) in [6.07, 6.45) is -0.288. The molecule has 3 N–H and O–H groups in total. The van der Waals surface area contributed by atoms with Crippen molar-refractivity contribution in [1.82, 2.24) is 10.3 Å². The predicted octanol–water partition coefficient (Wildman–Crippen LogP) is 3.29. The summed E-state index contributed by atoms with van der Waals surface area (Å²) in [4.78, 5) is 25.5. The molecule has 28 heavy (non-hydrogen) atoms. The molecule has 0 aliphatic heterocycles. The quantitative estimate of drug-likeness (QED) is 0.692. The highest BCUT2D eigenvalue weighted by Crippen LogP contribution is 2.24. The van der Waals surface area contributed by atoms with E-state index in [0.29, 0.717) is 11.6 Å². The molecule has 0 saturated heterocycles. The number of aromatic nitrogens is 1. The van der Waals surface area contributed by atoms with Gasteiger partial charge in [0, 0.05) is 23.7 Å². The zero-order valence-corrected chi connectivity index (χ0v) is 15.7. The van der Waals surface area contributed by atoms with Crippen LogP contribution in [-0.2, 0) is 30.6 Å². The van der Waals surface area contributed by atoms with Crippen LogP contribution in [0.25, 0.3) is 0 Å². The van der Waals surface area contributed by atoms with Crippen LogP contribution in [0.1, 0.15) is 38.3 Å². The number of carbonyl (C=O) groups is 2. The molecule has 1 atom stereocenters. The van der Waals surface area contributed by atoms with Crippen molar-refractivity contribution in [3.63, 3.8) is 0 Å². The maximum Gasteiger partial charge on any atom is 0.490 e. The Hall–Kier alpha value is -2.46. The van der Waals surface area contributed by atoms with Crippen LogP contribution in [0.2, 0.25) is 0 Å². The minimum Gasteiger partial charge on any atom is -0.478 e. The lowest BCUT2D eigenvalue weighted by Gasteiger charge is -2.10. The van der Waals surface area contributed by atoms with Gasteiger partial charge in [-0.05, 0) is 42.5 Å². The zero-order valence-electron chi connectivity index (χ0n) is 14.9. The largest absolute Gasteiger partial charge is 0.490 e. The van der Waals surface area contributed by atoms with Gasteiger partial charge in [-0.25, -0.2) is 14.6 Å². The summed E-state index contributed by atoms with van der Waals surface area (Å²) in [6.45, 7) is 2.95. The third-order valence-corrected chi connectivity index (χ3v) is 5.24. The number of carboxylic acid groups (broad SMARTS) is 2.